The molecule has 0 spiro atoms. The predicted octanol–water partition coefficient (Wildman–Crippen LogP) is 1.51. The normalized spacial score (nSPS) is 11.4. The van der Waals surface area contributed by atoms with Gasteiger partial charge in [-0.3, -0.25) is 0 Å². The molecule has 1 aromatic rings. The second-order valence-corrected chi connectivity index (χ2v) is 4.01. The maximum absolute atomic E-state index is 8.62. The van der Waals surface area contributed by atoms with E-state index < -0.39 is 4.97 Å². The van der Waals surface area contributed by atoms with Gasteiger partial charge in [0.2, 0.25) is 0 Å². The summed E-state index contributed by atoms with van der Waals surface area (Å²) in [6.07, 6.45) is 0.329. The summed E-state index contributed by atoms with van der Waals surface area (Å²) in [6.45, 7) is 0.103. The van der Waals surface area contributed by atoms with Gasteiger partial charge in [0.15, 0.2) is 6.54 Å². The quantitative estimate of drug-likeness (QED) is 0.401. The molecule has 1 rings (SSSR count). The molecule has 1 aromatic carbocycles. The summed E-state index contributed by atoms with van der Waals surface area (Å²) in [5, 5.41) is 25.9. The Kier molecular flexibility index (Phi) is 4.71. The fourth-order valence-corrected chi connectivity index (χ4v) is 1.32. The molecule has 0 atom stereocenters. The Morgan fingerprint density at radius 3 is 2.53 bits per heavy atom. The molecule has 96 valence electrons. The molecule has 0 aliphatic rings. The molecule has 0 aliphatic heterocycles. The van der Waals surface area contributed by atoms with Crippen LogP contribution in [0.1, 0.15) is 6.42 Å². The summed E-state index contributed by atoms with van der Waals surface area (Å²) in [4.78, 5) is -0.0506. The molecule has 0 bridgehead atoms. The van der Waals surface area contributed by atoms with Crippen molar-refractivity contribution in [3.63, 3.8) is 0 Å². The average Bonchev–Trinajstić information content (AvgIpc) is 2.23. The molecule has 0 saturated heterocycles. The van der Waals surface area contributed by atoms with Crippen molar-refractivity contribution in [2.45, 2.75) is 6.42 Å². The molecule has 0 amide bonds. The van der Waals surface area contributed by atoms with Crippen LogP contribution >= 0.6 is 0 Å². The predicted molar refractivity (Wildman–Crippen MR) is 61.4 cm³/mol. The van der Waals surface area contributed by atoms with Crippen LogP contribution in [0.4, 0.5) is 5.69 Å². The van der Waals surface area contributed by atoms with Gasteiger partial charge in [0.25, 0.3) is 0 Å². The van der Waals surface area contributed by atoms with E-state index in [1.807, 2.05) is 43.3 Å². The highest BCUT2D eigenvalue weighted by Gasteiger charge is 2.17. The zero-order valence-corrected chi connectivity index (χ0v) is 10.1. The highest BCUT2D eigenvalue weighted by Crippen LogP contribution is 2.19. The van der Waals surface area contributed by atoms with Crippen molar-refractivity contribution in [2.75, 3.05) is 32.1 Å². The SMILES string of the molecule is CN(C)c1cccc(OCCC[N+](O)(O)O)c1. The number of benzene rings is 1. The fourth-order valence-electron chi connectivity index (χ4n) is 1.32. The van der Waals surface area contributed by atoms with E-state index in [0.29, 0.717) is 18.8 Å². The molecular formula is C11H19N2O4+. The maximum atomic E-state index is 8.62. The topological polar surface area (TPSA) is 73.2 Å². The highest BCUT2D eigenvalue weighted by atomic mass is 17.1. The van der Waals surface area contributed by atoms with Crippen LogP contribution in [0, 0.1) is 0 Å². The third-order valence-corrected chi connectivity index (χ3v) is 2.21. The first-order chi connectivity index (χ1) is 7.88. The molecule has 17 heavy (non-hydrogen) atoms. The van der Waals surface area contributed by atoms with Crippen molar-refractivity contribution in [1.29, 1.82) is 0 Å². The Hall–Kier alpha value is -1.34. The third kappa shape index (κ3) is 5.50. The van der Waals surface area contributed by atoms with E-state index >= 15 is 0 Å². The zero-order valence-electron chi connectivity index (χ0n) is 10.1. The minimum atomic E-state index is -2.01. The van der Waals surface area contributed by atoms with Crippen molar-refractivity contribution in [3.8, 4) is 5.75 Å². The molecule has 0 aliphatic carbocycles. The second-order valence-electron chi connectivity index (χ2n) is 4.01. The van der Waals surface area contributed by atoms with Gasteiger partial charge in [0, 0.05) is 32.3 Å². The lowest BCUT2D eigenvalue weighted by molar-refractivity contribution is -1.37. The van der Waals surface area contributed by atoms with Gasteiger partial charge in [0.1, 0.15) is 5.75 Å². The maximum Gasteiger partial charge on any atom is 0.180 e. The Bertz CT molecular complexity index is 350. The number of quaternary nitrogens is 1. The van der Waals surface area contributed by atoms with Crippen molar-refractivity contribution < 1.29 is 25.3 Å². The molecular weight excluding hydrogens is 224 g/mol. The number of anilines is 1. The summed E-state index contributed by atoms with van der Waals surface area (Å²) in [5.74, 6) is 0.711. The molecule has 0 unspecified atom stereocenters. The van der Waals surface area contributed by atoms with Gasteiger partial charge in [-0.1, -0.05) is 6.07 Å². The number of hydrogen-bond donors (Lipinski definition) is 3. The Morgan fingerprint density at radius 1 is 1.24 bits per heavy atom. The van der Waals surface area contributed by atoms with Crippen LogP contribution < -0.4 is 9.64 Å². The van der Waals surface area contributed by atoms with Crippen molar-refractivity contribution in [1.82, 2.24) is 0 Å². The van der Waals surface area contributed by atoms with E-state index in [9.17, 15) is 0 Å². The van der Waals surface area contributed by atoms with Crippen molar-refractivity contribution >= 4 is 5.69 Å². The lowest BCUT2D eigenvalue weighted by Gasteiger charge is -2.14. The van der Waals surface area contributed by atoms with Gasteiger partial charge in [0.05, 0.1) is 11.6 Å². The molecule has 0 radical (unpaired) electrons. The molecule has 6 nitrogen and oxygen atoms in total. The Morgan fingerprint density at radius 2 is 1.94 bits per heavy atom. The summed E-state index contributed by atoms with van der Waals surface area (Å²) >= 11 is 0. The first-order valence-corrected chi connectivity index (χ1v) is 5.35. The number of hydrogen-bond acceptors (Lipinski definition) is 5. The fraction of sp³-hybridized carbons (Fsp3) is 0.455. The number of nitrogens with zero attached hydrogens (tertiary/aromatic N) is 2. The van der Waals surface area contributed by atoms with Crippen LogP contribution in [-0.2, 0) is 0 Å². The average molecular weight is 243 g/mol. The first-order valence-electron chi connectivity index (χ1n) is 5.35. The highest BCUT2D eigenvalue weighted by molar-refractivity contribution is 5.49. The lowest BCUT2D eigenvalue weighted by Crippen LogP contribution is -2.38. The Labute approximate surface area is 100 Å². The van der Waals surface area contributed by atoms with E-state index in [0.717, 1.165) is 5.69 Å². The van der Waals surface area contributed by atoms with Crippen LogP contribution in [0.25, 0.3) is 0 Å². The second kappa shape index (κ2) is 5.83. The van der Waals surface area contributed by atoms with E-state index in [2.05, 4.69) is 0 Å². The van der Waals surface area contributed by atoms with Crippen molar-refractivity contribution in [3.05, 3.63) is 24.3 Å². The van der Waals surface area contributed by atoms with Crippen molar-refractivity contribution in [2.24, 2.45) is 0 Å². The lowest BCUT2D eigenvalue weighted by atomic mass is 10.3. The zero-order chi connectivity index (χ0) is 12.9. The molecule has 0 heterocycles. The van der Waals surface area contributed by atoms with Gasteiger partial charge < -0.3 is 9.64 Å². The minimum Gasteiger partial charge on any atom is -0.493 e. The molecule has 6 heteroatoms. The van der Waals surface area contributed by atoms with Crippen LogP contribution in [-0.4, -0.2) is 47.8 Å². The largest absolute Gasteiger partial charge is 0.493 e. The van der Waals surface area contributed by atoms with Gasteiger partial charge in [-0.25, -0.2) is 0 Å². The molecule has 0 saturated carbocycles. The number of ether oxygens (including phenoxy) is 1. The van der Waals surface area contributed by atoms with Crippen LogP contribution in [0.2, 0.25) is 0 Å². The van der Waals surface area contributed by atoms with Crippen LogP contribution in [0.5, 0.6) is 5.75 Å². The monoisotopic (exact) mass is 243 g/mol. The van der Waals surface area contributed by atoms with E-state index in [4.69, 9.17) is 20.4 Å². The van der Waals surface area contributed by atoms with E-state index in [1.54, 1.807) is 0 Å². The third-order valence-electron chi connectivity index (χ3n) is 2.21. The standard InChI is InChI=1S/C11H19N2O4/c1-12(2)10-5-3-6-11(9-10)17-8-4-7-13(14,15)16/h3,5-6,9,14-16H,4,7-8H2,1-2H3/q+1. The van der Waals surface area contributed by atoms with Gasteiger partial charge >= 0.3 is 0 Å². The molecule has 0 fully saturated rings. The summed E-state index contributed by atoms with van der Waals surface area (Å²) < 4.78 is 5.42. The van der Waals surface area contributed by atoms with E-state index in [-0.39, 0.29) is 6.54 Å². The van der Waals surface area contributed by atoms with Gasteiger partial charge in [-0.15, -0.1) is 15.6 Å². The summed E-state index contributed by atoms with van der Waals surface area (Å²) in [7, 11) is 3.88. The summed E-state index contributed by atoms with van der Waals surface area (Å²) in [5.41, 5.74) is 1.03. The molecule has 0 aromatic heterocycles. The number of rotatable bonds is 6. The number of hydroxylamine groups is 3. The van der Waals surface area contributed by atoms with E-state index in [1.165, 1.54) is 0 Å². The first kappa shape index (κ1) is 13.7. The van der Waals surface area contributed by atoms with Crippen LogP contribution in [0.3, 0.4) is 0 Å². The minimum absolute atomic E-state index is 0.201. The smallest absolute Gasteiger partial charge is 0.180 e. The van der Waals surface area contributed by atoms with Gasteiger partial charge in [-0.05, 0) is 12.1 Å². The summed E-state index contributed by atoms with van der Waals surface area (Å²) in [6, 6.07) is 7.56. The van der Waals surface area contributed by atoms with Crippen LogP contribution in [0.15, 0.2) is 24.3 Å². The molecule has 3 N–H and O–H groups in total. The van der Waals surface area contributed by atoms with Gasteiger partial charge in [-0.2, -0.15) is 0 Å². The Balaban J connectivity index is 2.39.